The molecule has 0 atom stereocenters. The zero-order valence-corrected chi connectivity index (χ0v) is 11.7. The van der Waals surface area contributed by atoms with Crippen molar-refractivity contribution in [1.29, 1.82) is 0 Å². The molecule has 2 aromatic rings. The lowest BCUT2D eigenvalue weighted by atomic mass is 9.80. The van der Waals surface area contributed by atoms with Gasteiger partial charge in [0.1, 0.15) is 0 Å². The molecule has 0 saturated heterocycles. The van der Waals surface area contributed by atoms with Crippen LogP contribution in [-0.4, -0.2) is 15.0 Å². The molecule has 4 heteroatoms. The van der Waals surface area contributed by atoms with Crippen molar-refractivity contribution in [1.82, 2.24) is 15.0 Å². The van der Waals surface area contributed by atoms with Crippen LogP contribution in [0.25, 0.3) is 11.4 Å². The van der Waals surface area contributed by atoms with Crippen molar-refractivity contribution in [2.24, 2.45) is 5.92 Å². The van der Waals surface area contributed by atoms with E-state index in [0.29, 0.717) is 17.3 Å². The highest BCUT2D eigenvalue weighted by atomic mass is 16.1. The minimum absolute atomic E-state index is 0.121. The SMILES string of the molecule is C[C@H]1CC[C@@H](c2c[nH]c(=O)c(-c3ncccn3)c2)CC1. The van der Waals surface area contributed by atoms with Gasteiger partial charge in [0.15, 0.2) is 5.82 Å². The Labute approximate surface area is 118 Å². The molecule has 0 unspecified atom stereocenters. The zero-order valence-electron chi connectivity index (χ0n) is 11.7. The van der Waals surface area contributed by atoms with E-state index in [4.69, 9.17) is 0 Å². The van der Waals surface area contributed by atoms with Gasteiger partial charge >= 0.3 is 0 Å². The summed E-state index contributed by atoms with van der Waals surface area (Å²) in [4.78, 5) is 23.2. The third-order valence-corrected chi connectivity index (χ3v) is 4.22. The molecule has 0 bridgehead atoms. The number of nitrogens with zero attached hydrogens (tertiary/aromatic N) is 2. The van der Waals surface area contributed by atoms with Crippen molar-refractivity contribution in [3.63, 3.8) is 0 Å². The summed E-state index contributed by atoms with van der Waals surface area (Å²) in [5, 5.41) is 0. The standard InChI is InChI=1S/C16H19N3O/c1-11-3-5-12(6-4-11)13-9-14(16(20)19-10-13)15-17-7-2-8-18-15/h2,7-12H,3-6H2,1H3,(H,19,20)/t11-,12+. The first-order chi connectivity index (χ1) is 9.74. The van der Waals surface area contributed by atoms with Crippen LogP contribution < -0.4 is 5.56 Å². The lowest BCUT2D eigenvalue weighted by Gasteiger charge is -2.26. The normalized spacial score (nSPS) is 22.6. The molecule has 2 heterocycles. The summed E-state index contributed by atoms with van der Waals surface area (Å²) >= 11 is 0. The summed E-state index contributed by atoms with van der Waals surface area (Å²) in [6, 6.07) is 3.72. The van der Waals surface area contributed by atoms with E-state index in [1.54, 1.807) is 18.5 Å². The number of rotatable bonds is 2. The molecule has 0 radical (unpaired) electrons. The molecule has 1 aliphatic rings. The second-order valence-corrected chi connectivity index (χ2v) is 5.71. The van der Waals surface area contributed by atoms with Crippen LogP contribution in [0, 0.1) is 5.92 Å². The topological polar surface area (TPSA) is 58.6 Å². The van der Waals surface area contributed by atoms with E-state index in [1.165, 1.54) is 31.2 Å². The molecular weight excluding hydrogens is 250 g/mol. The van der Waals surface area contributed by atoms with Crippen LogP contribution in [-0.2, 0) is 0 Å². The summed E-state index contributed by atoms with van der Waals surface area (Å²) in [5.74, 6) is 1.87. The molecule has 1 saturated carbocycles. The Morgan fingerprint density at radius 2 is 1.85 bits per heavy atom. The van der Waals surface area contributed by atoms with Gasteiger partial charge in [-0.3, -0.25) is 4.79 Å². The van der Waals surface area contributed by atoms with E-state index < -0.39 is 0 Å². The summed E-state index contributed by atoms with van der Waals surface area (Å²) in [6.45, 7) is 2.31. The Kier molecular flexibility index (Phi) is 3.63. The van der Waals surface area contributed by atoms with E-state index >= 15 is 0 Å². The van der Waals surface area contributed by atoms with E-state index in [0.717, 1.165) is 5.92 Å². The molecule has 1 N–H and O–H groups in total. The van der Waals surface area contributed by atoms with E-state index in [9.17, 15) is 4.79 Å². The number of hydrogen-bond acceptors (Lipinski definition) is 3. The first-order valence-electron chi connectivity index (χ1n) is 7.24. The smallest absolute Gasteiger partial charge is 0.259 e. The highest BCUT2D eigenvalue weighted by Crippen LogP contribution is 2.35. The highest BCUT2D eigenvalue weighted by Gasteiger charge is 2.21. The third-order valence-electron chi connectivity index (χ3n) is 4.22. The number of aromatic amines is 1. The second-order valence-electron chi connectivity index (χ2n) is 5.71. The summed E-state index contributed by atoms with van der Waals surface area (Å²) in [7, 11) is 0. The quantitative estimate of drug-likeness (QED) is 0.911. The fraction of sp³-hybridized carbons (Fsp3) is 0.438. The molecule has 0 aliphatic heterocycles. The minimum atomic E-state index is -0.121. The van der Waals surface area contributed by atoms with Gasteiger partial charge in [-0.25, -0.2) is 9.97 Å². The lowest BCUT2D eigenvalue weighted by molar-refractivity contribution is 0.347. The maximum atomic E-state index is 12.0. The van der Waals surface area contributed by atoms with Crippen LogP contribution in [0.15, 0.2) is 35.5 Å². The summed E-state index contributed by atoms with van der Waals surface area (Å²) in [6.07, 6.45) is 10.1. The molecule has 3 rings (SSSR count). The Hall–Kier alpha value is -1.97. The predicted molar refractivity (Wildman–Crippen MR) is 78.5 cm³/mol. The van der Waals surface area contributed by atoms with Crippen molar-refractivity contribution in [3.8, 4) is 11.4 Å². The zero-order chi connectivity index (χ0) is 13.9. The maximum Gasteiger partial charge on any atom is 0.259 e. The van der Waals surface area contributed by atoms with Crippen LogP contribution in [0.3, 0.4) is 0 Å². The largest absolute Gasteiger partial charge is 0.328 e. The number of nitrogens with one attached hydrogen (secondary N) is 1. The first-order valence-corrected chi connectivity index (χ1v) is 7.24. The van der Waals surface area contributed by atoms with E-state index in [2.05, 4.69) is 21.9 Å². The number of aromatic nitrogens is 3. The van der Waals surface area contributed by atoms with Gasteiger partial charge in [0, 0.05) is 18.6 Å². The summed E-state index contributed by atoms with van der Waals surface area (Å²) in [5.41, 5.74) is 1.66. The monoisotopic (exact) mass is 269 g/mol. The van der Waals surface area contributed by atoms with E-state index in [-0.39, 0.29) is 5.56 Å². The average molecular weight is 269 g/mol. The fourth-order valence-corrected chi connectivity index (χ4v) is 2.93. The maximum absolute atomic E-state index is 12.0. The molecule has 1 aliphatic carbocycles. The Morgan fingerprint density at radius 1 is 1.15 bits per heavy atom. The van der Waals surface area contributed by atoms with Gasteiger partial charge in [0.2, 0.25) is 0 Å². The molecule has 20 heavy (non-hydrogen) atoms. The lowest BCUT2D eigenvalue weighted by Crippen LogP contribution is -2.15. The van der Waals surface area contributed by atoms with Crippen molar-refractivity contribution in [2.45, 2.75) is 38.5 Å². The van der Waals surface area contributed by atoms with Crippen LogP contribution in [0.4, 0.5) is 0 Å². The molecule has 0 amide bonds. The van der Waals surface area contributed by atoms with Gasteiger partial charge in [-0.15, -0.1) is 0 Å². The van der Waals surface area contributed by atoms with Gasteiger partial charge < -0.3 is 4.98 Å². The number of H-pyrrole nitrogens is 1. The number of hydrogen-bond donors (Lipinski definition) is 1. The highest BCUT2D eigenvalue weighted by molar-refractivity contribution is 5.54. The molecule has 0 aromatic carbocycles. The van der Waals surface area contributed by atoms with Crippen LogP contribution in [0.1, 0.15) is 44.1 Å². The van der Waals surface area contributed by atoms with Gasteiger partial charge in [0.05, 0.1) is 5.56 Å². The summed E-state index contributed by atoms with van der Waals surface area (Å²) < 4.78 is 0. The van der Waals surface area contributed by atoms with Crippen molar-refractivity contribution in [3.05, 3.63) is 46.6 Å². The van der Waals surface area contributed by atoms with Gasteiger partial charge in [-0.1, -0.05) is 19.8 Å². The third kappa shape index (κ3) is 2.64. The predicted octanol–water partition coefficient (Wildman–Crippen LogP) is 3.13. The van der Waals surface area contributed by atoms with Gasteiger partial charge in [-0.05, 0) is 42.4 Å². The first kappa shape index (κ1) is 13.0. The van der Waals surface area contributed by atoms with Gasteiger partial charge in [0.25, 0.3) is 5.56 Å². The Morgan fingerprint density at radius 3 is 2.55 bits per heavy atom. The van der Waals surface area contributed by atoms with Crippen molar-refractivity contribution >= 4 is 0 Å². The number of pyridine rings is 1. The minimum Gasteiger partial charge on any atom is -0.328 e. The van der Waals surface area contributed by atoms with Crippen molar-refractivity contribution in [2.75, 3.05) is 0 Å². The van der Waals surface area contributed by atoms with E-state index in [1.807, 2.05) is 12.3 Å². The fourth-order valence-electron chi connectivity index (χ4n) is 2.93. The van der Waals surface area contributed by atoms with Gasteiger partial charge in [-0.2, -0.15) is 0 Å². The molecule has 4 nitrogen and oxygen atoms in total. The second kappa shape index (κ2) is 5.57. The molecule has 104 valence electrons. The Bertz CT molecular complexity index is 628. The Balaban J connectivity index is 1.93. The molecular formula is C16H19N3O. The average Bonchev–Trinajstić information content (AvgIpc) is 2.50. The molecule has 1 fully saturated rings. The van der Waals surface area contributed by atoms with Crippen LogP contribution >= 0.6 is 0 Å². The van der Waals surface area contributed by atoms with Crippen LogP contribution in [0.2, 0.25) is 0 Å². The molecule has 0 spiro atoms. The molecule has 2 aromatic heterocycles. The van der Waals surface area contributed by atoms with Crippen molar-refractivity contribution < 1.29 is 0 Å². The van der Waals surface area contributed by atoms with Crippen LogP contribution in [0.5, 0.6) is 0 Å².